The van der Waals surface area contributed by atoms with Gasteiger partial charge in [-0.05, 0) is 24.6 Å². The molecule has 0 bridgehead atoms. The van der Waals surface area contributed by atoms with Crippen molar-refractivity contribution in [1.29, 1.82) is 0 Å². The molecule has 0 saturated carbocycles. The summed E-state index contributed by atoms with van der Waals surface area (Å²) in [6.07, 6.45) is -2.35. The van der Waals surface area contributed by atoms with Gasteiger partial charge in [0.05, 0.1) is 16.8 Å². The lowest BCUT2D eigenvalue weighted by Crippen LogP contribution is -2.09. The van der Waals surface area contributed by atoms with Crippen molar-refractivity contribution in [3.8, 4) is 0 Å². The normalized spacial score (nSPS) is 11.2. The van der Waals surface area contributed by atoms with Crippen molar-refractivity contribution >= 4 is 26.7 Å². The molecule has 0 saturated heterocycles. The Bertz CT molecular complexity index is 467. The molecule has 1 N–H and O–H groups in total. The molecule has 0 aliphatic rings. The number of rotatable bonds is 3. The number of hydrogen-bond donors (Lipinski definition) is 1. The predicted octanol–water partition coefficient (Wildman–Crippen LogP) is 3.28. The van der Waals surface area contributed by atoms with Crippen LogP contribution in [0.1, 0.15) is 5.56 Å². The first-order chi connectivity index (χ1) is 7.15. The Balaban J connectivity index is 2.23. The standard InChI is InChI=1S/C10H10F2N2S/c1-6-2-3-8-7(4-6)14-10(15-8)13-5-9(11)12/h2-4,9H,5H2,1H3,(H,13,14). The molecule has 1 aromatic heterocycles. The summed E-state index contributed by atoms with van der Waals surface area (Å²) < 4.78 is 24.9. The maximum atomic E-state index is 12.0. The van der Waals surface area contributed by atoms with Crippen molar-refractivity contribution in [2.75, 3.05) is 11.9 Å². The Morgan fingerprint density at radius 3 is 3.00 bits per heavy atom. The number of hydrogen-bond acceptors (Lipinski definition) is 3. The molecule has 0 unspecified atom stereocenters. The minimum absolute atomic E-state index is 0.348. The predicted molar refractivity (Wildman–Crippen MR) is 58.9 cm³/mol. The molecular weight excluding hydrogens is 218 g/mol. The first-order valence-electron chi connectivity index (χ1n) is 4.54. The quantitative estimate of drug-likeness (QED) is 0.872. The number of thiazole rings is 1. The highest BCUT2D eigenvalue weighted by Crippen LogP contribution is 2.26. The van der Waals surface area contributed by atoms with Crippen LogP contribution in [0.3, 0.4) is 0 Å². The van der Waals surface area contributed by atoms with E-state index in [1.54, 1.807) is 0 Å². The zero-order valence-electron chi connectivity index (χ0n) is 8.13. The third-order valence-corrected chi connectivity index (χ3v) is 2.94. The van der Waals surface area contributed by atoms with E-state index in [1.807, 2.05) is 25.1 Å². The monoisotopic (exact) mass is 228 g/mol. The van der Waals surface area contributed by atoms with Crippen LogP contribution in [0.2, 0.25) is 0 Å². The summed E-state index contributed by atoms with van der Waals surface area (Å²) in [6.45, 7) is 1.63. The molecule has 1 aromatic carbocycles. The number of benzene rings is 1. The SMILES string of the molecule is Cc1ccc2sc(NCC(F)F)nc2c1. The molecular formula is C10H10F2N2S. The van der Waals surface area contributed by atoms with Crippen molar-refractivity contribution in [2.24, 2.45) is 0 Å². The minimum atomic E-state index is -2.35. The summed E-state index contributed by atoms with van der Waals surface area (Å²) in [4.78, 5) is 4.22. The summed E-state index contributed by atoms with van der Waals surface area (Å²) >= 11 is 1.39. The van der Waals surface area contributed by atoms with Crippen LogP contribution in [0.5, 0.6) is 0 Å². The van der Waals surface area contributed by atoms with Gasteiger partial charge in [0.1, 0.15) is 0 Å². The van der Waals surface area contributed by atoms with Crippen molar-refractivity contribution in [1.82, 2.24) is 4.98 Å². The second-order valence-corrected chi connectivity index (χ2v) is 4.29. The van der Waals surface area contributed by atoms with Crippen LogP contribution in [-0.4, -0.2) is 18.0 Å². The van der Waals surface area contributed by atoms with Gasteiger partial charge in [-0.25, -0.2) is 13.8 Å². The van der Waals surface area contributed by atoms with E-state index in [1.165, 1.54) is 11.3 Å². The van der Waals surface area contributed by atoms with Crippen LogP contribution in [0.15, 0.2) is 18.2 Å². The van der Waals surface area contributed by atoms with E-state index in [0.717, 1.165) is 15.8 Å². The van der Waals surface area contributed by atoms with E-state index in [-0.39, 0.29) is 6.54 Å². The lowest BCUT2D eigenvalue weighted by Gasteiger charge is -1.98. The van der Waals surface area contributed by atoms with Crippen LogP contribution in [-0.2, 0) is 0 Å². The second-order valence-electron chi connectivity index (χ2n) is 3.26. The zero-order chi connectivity index (χ0) is 10.8. The summed E-state index contributed by atoms with van der Waals surface area (Å²) in [5, 5.41) is 3.16. The fraction of sp³-hybridized carbons (Fsp3) is 0.300. The van der Waals surface area contributed by atoms with E-state index in [0.29, 0.717) is 5.13 Å². The molecule has 0 radical (unpaired) electrons. The molecule has 1 heterocycles. The fourth-order valence-corrected chi connectivity index (χ4v) is 2.13. The lowest BCUT2D eigenvalue weighted by molar-refractivity contribution is 0.163. The Morgan fingerprint density at radius 2 is 2.27 bits per heavy atom. The second kappa shape index (κ2) is 4.10. The number of halogens is 2. The summed E-state index contributed by atoms with van der Waals surface area (Å²) in [5.74, 6) is 0. The van der Waals surface area contributed by atoms with Gasteiger partial charge in [0.25, 0.3) is 6.43 Å². The van der Waals surface area contributed by atoms with Crippen LogP contribution >= 0.6 is 11.3 Å². The van der Waals surface area contributed by atoms with Gasteiger partial charge in [-0.1, -0.05) is 17.4 Å². The third-order valence-electron chi connectivity index (χ3n) is 1.95. The number of aryl methyl sites for hydroxylation is 1. The number of nitrogens with zero attached hydrogens (tertiary/aromatic N) is 1. The van der Waals surface area contributed by atoms with Gasteiger partial charge in [0.15, 0.2) is 5.13 Å². The van der Waals surface area contributed by atoms with Gasteiger partial charge in [-0.15, -0.1) is 0 Å². The number of fused-ring (bicyclic) bond motifs is 1. The largest absolute Gasteiger partial charge is 0.356 e. The van der Waals surface area contributed by atoms with Crippen molar-refractivity contribution in [2.45, 2.75) is 13.3 Å². The van der Waals surface area contributed by atoms with Crippen LogP contribution in [0.4, 0.5) is 13.9 Å². The average Bonchev–Trinajstić information content (AvgIpc) is 2.56. The molecule has 0 aliphatic heterocycles. The van der Waals surface area contributed by atoms with Crippen LogP contribution in [0.25, 0.3) is 10.2 Å². The Kier molecular flexibility index (Phi) is 2.81. The smallest absolute Gasteiger partial charge is 0.255 e. The van der Waals surface area contributed by atoms with Crippen LogP contribution in [0, 0.1) is 6.92 Å². The Morgan fingerprint density at radius 1 is 1.47 bits per heavy atom. The summed E-state index contributed by atoms with van der Waals surface area (Å²) in [6, 6.07) is 5.88. The Hall–Kier alpha value is -1.23. The molecule has 0 fully saturated rings. The molecule has 2 rings (SSSR count). The van der Waals surface area contributed by atoms with Crippen molar-refractivity contribution in [3.05, 3.63) is 23.8 Å². The van der Waals surface area contributed by atoms with Gasteiger partial charge < -0.3 is 5.32 Å². The number of aromatic nitrogens is 1. The zero-order valence-corrected chi connectivity index (χ0v) is 8.94. The molecule has 0 aliphatic carbocycles. The number of alkyl halides is 2. The molecule has 0 atom stereocenters. The van der Waals surface area contributed by atoms with Crippen LogP contribution < -0.4 is 5.32 Å². The van der Waals surface area contributed by atoms with Crippen molar-refractivity contribution in [3.63, 3.8) is 0 Å². The van der Waals surface area contributed by atoms with E-state index < -0.39 is 6.43 Å². The first kappa shape index (κ1) is 10.3. The molecule has 0 spiro atoms. The first-order valence-corrected chi connectivity index (χ1v) is 5.36. The highest BCUT2D eigenvalue weighted by molar-refractivity contribution is 7.22. The highest BCUT2D eigenvalue weighted by atomic mass is 32.1. The molecule has 5 heteroatoms. The highest BCUT2D eigenvalue weighted by Gasteiger charge is 2.06. The lowest BCUT2D eigenvalue weighted by atomic mass is 10.2. The van der Waals surface area contributed by atoms with E-state index in [9.17, 15) is 8.78 Å². The van der Waals surface area contributed by atoms with E-state index >= 15 is 0 Å². The topological polar surface area (TPSA) is 24.9 Å². The maximum Gasteiger partial charge on any atom is 0.255 e. The van der Waals surface area contributed by atoms with Gasteiger partial charge in [-0.3, -0.25) is 0 Å². The molecule has 15 heavy (non-hydrogen) atoms. The molecule has 2 nitrogen and oxygen atoms in total. The van der Waals surface area contributed by atoms with Crippen molar-refractivity contribution < 1.29 is 8.78 Å². The molecule has 2 aromatic rings. The Labute approximate surface area is 89.9 Å². The van der Waals surface area contributed by atoms with Gasteiger partial charge in [0, 0.05) is 0 Å². The maximum absolute atomic E-state index is 12.0. The third kappa shape index (κ3) is 2.41. The molecule has 0 amide bonds. The minimum Gasteiger partial charge on any atom is -0.356 e. The summed E-state index contributed by atoms with van der Waals surface area (Å²) in [5.41, 5.74) is 1.98. The molecule has 80 valence electrons. The van der Waals surface area contributed by atoms with Gasteiger partial charge in [-0.2, -0.15) is 0 Å². The fourth-order valence-electron chi connectivity index (χ4n) is 1.28. The van der Waals surface area contributed by atoms with Gasteiger partial charge >= 0.3 is 0 Å². The number of nitrogens with one attached hydrogen (secondary N) is 1. The average molecular weight is 228 g/mol. The number of anilines is 1. The van der Waals surface area contributed by atoms with E-state index in [4.69, 9.17) is 0 Å². The summed E-state index contributed by atoms with van der Waals surface area (Å²) in [7, 11) is 0. The van der Waals surface area contributed by atoms with Gasteiger partial charge in [0.2, 0.25) is 0 Å². The van der Waals surface area contributed by atoms with E-state index in [2.05, 4.69) is 10.3 Å².